The van der Waals surface area contributed by atoms with Gasteiger partial charge in [-0.1, -0.05) is 6.07 Å². The van der Waals surface area contributed by atoms with Crippen LogP contribution in [0.4, 0.5) is 11.4 Å². The molecule has 0 fully saturated rings. The van der Waals surface area contributed by atoms with E-state index in [1.807, 2.05) is 43.9 Å². The van der Waals surface area contributed by atoms with Gasteiger partial charge in [0, 0.05) is 35.8 Å². The van der Waals surface area contributed by atoms with Crippen molar-refractivity contribution >= 4 is 23.3 Å². The van der Waals surface area contributed by atoms with Gasteiger partial charge in [-0.15, -0.1) is 0 Å². The third-order valence-electron chi connectivity index (χ3n) is 3.99. The van der Waals surface area contributed by atoms with Gasteiger partial charge < -0.3 is 20.5 Å². The molecule has 1 aromatic carbocycles. The van der Waals surface area contributed by atoms with Crippen LogP contribution >= 0.6 is 0 Å². The summed E-state index contributed by atoms with van der Waals surface area (Å²) in [4.78, 5) is 24.9. The Hall–Kier alpha value is -2.24. The number of nitrogens with two attached hydrogens (primary N) is 1. The number of aliphatic carboxylic acids is 1. The Labute approximate surface area is 142 Å². The molecule has 0 saturated carbocycles. The summed E-state index contributed by atoms with van der Waals surface area (Å²) in [5.41, 5.74) is 8.27. The molecule has 1 aromatic rings. The van der Waals surface area contributed by atoms with E-state index in [-0.39, 0.29) is 24.9 Å². The van der Waals surface area contributed by atoms with Crippen LogP contribution < -0.4 is 10.6 Å². The number of esters is 1. The molecule has 1 aliphatic rings. The van der Waals surface area contributed by atoms with E-state index in [1.54, 1.807) is 0 Å². The first kappa shape index (κ1) is 18.1. The van der Waals surface area contributed by atoms with E-state index in [0.717, 1.165) is 17.7 Å². The molecule has 6 nitrogen and oxygen atoms in total. The van der Waals surface area contributed by atoms with E-state index >= 15 is 0 Å². The molecule has 24 heavy (non-hydrogen) atoms. The zero-order valence-electron chi connectivity index (χ0n) is 14.5. The van der Waals surface area contributed by atoms with Gasteiger partial charge >= 0.3 is 11.9 Å². The normalized spacial score (nSPS) is 16.8. The van der Waals surface area contributed by atoms with Gasteiger partial charge in [0.25, 0.3) is 0 Å². The standard InChI is InChI=1S/C18H26N2O4/c1-18(2,3)24-16(23)11-20-10-12(6-4-9-15(21)22)17-13(19)7-5-8-14(17)20/h5,7-8,12H,4,6,9-11,19H2,1-3H3,(H,21,22). The van der Waals surface area contributed by atoms with Crippen LogP contribution in [-0.2, 0) is 14.3 Å². The highest BCUT2D eigenvalue weighted by molar-refractivity contribution is 5.80. The van der Waals surface area contributed by atoms with Crippen molar-refractivity contribution in [1.82, 2.24) is 0 Å². The number of ether oxygens (including phenoxy) is 1. The number of carboxylic acid groups (broad SMARTS) is 1. The van der Waals surface area contributed by atoms with Gasteiger partial charge in [0.2, 0.25) is 0 Å². The maximum Gasteiger partial charge on any atom is 0.326 e. The fourth-order valence-electron chi connectivity index (χ4n) is 3.16. The minimum Gasteiger partial charge on any atom is -0.481 e. The molecule has 0 bridgehead atoms. The number of carbonyl (C=O) groups excluding carboxylic acids is 1. The van der Waals surface area contributed by atoms with Gasteiger partial charge in [0.05, 0.1) is 0 Å². The smallest absolute Gasteiger partial charge is 0.326 e. The SMILES string of the molecule is CC(C)(C)OC(=O)CN1CC(CCCC(=O)O)c2c(N)cccc21. The Morgan fingerprint density at radius 1 is 1.38 bits per heavy atom. The average molecular weight is 334 g/mol. The first-order valence-electron chi connectivity index (χ1n) is 8.24. The Bertz CT molecular complexity index is 622. The zero-order valence-corrected chi connectivity index (χ0v) is 14.5. The summed E-state index contributed by atoms with van der Waals surface area (Å²) in [5.74, 6) is -0.926. The highest BCUT2D eigenvalue weighted by Crippen LogP contribution is 2.42. The lowest BCUT2D eigenvalue weighted by Gasteiger charge is -2.24. The molecule has 1 atom stereocenters. The van der Waals surface area contributed by atoms with Gasteiger partial charge in [-0.25, -0.2) is 0 Å². The number of carbonyl (C=O) groups is 2. The maximum atomic E-state index is 12.1. The Balaban J connectivity index is 2.11. The van der Waals surface area contributed by atoms with Crippen LogP contribution in [0.2, 0.25) is 0 Å². The van der Waals surface area contributed by atoms with E-state index in [0.29, 0.717) is 18.7 Å². The summed E-state index contributed by atoms with van der Waals surface area (Å²) >= 11 is 0. The summed E-state index contributed by atoms with van der Waals surface area (Å²) in [5, 5.41) is 8.82. The topological polar surface area (TPSA) is 92.9 Å². The van der Waals surface area contributed by atoms with Crippen molar-refractivity contribution in [2.24, 2.45) is 0 Å². The molecule has 2 rings (SSSR count). The summed E-state index contributed by atoms with van der Waals surface area (Å²) in [7, 11) is 0. The number of hydrogen-bond donors (Lipinski definition) is 2. The molecule has 1 heterocycles. The van der Waals surface area contributed by atoms with Crippen molar-refractivity contribution < 1.29 is 19.4 Å². The molecule has 1 aliphatic heterocycles. The van der Waals surface area contributed by atoms with Gasteiger partial charge in [-0.05, 0) is 45.7 Å². The zero-order chi connectivity index (χ0) is 17.9. The van der Waals surface area contributed by atoms with Gasteiger partial charge in [-0.2, -0.15) is 0 Å². The summed E-state index contributed by atoms with van der Waals surface area (Å²) in [6.07, 6.45) is 1.47. The van der Waals surface area contributed by atoms with Crippen LogP contribution in [0.3, 0.4) is 0 Å². The predicted molar refractivity (Wildman–Crippen MR) is 93.1 cm³/mol. The monoisotopic (exact) mass is 334 g/mol. The Morgan fingerprint density at radius 2 is 2.08 bits per heavy atom. The summed E-state index contributed by atoms with van der Waals surface area (Å²) in [6, 6.07) is 5.67. The molecule has 0 aliphatic carbocycles. The van der Waals surface area contributed by atoms with Crippen molar-refractivity contribution in [3.05, 3.63) is 23.8 Å². The largest absolute Gasteiger partial charge is 0.481 e. The number of fused-ring (bicyclic) bond motifs is 1. The molecule has 0 aromatic heterocycles. The minimum atomic E-state index is -0.792. The number of hydrogen-bond acceptors (Lipinski definition) is 5. The molecule has 0 saturated heterocycles. The molecule has 0 radical (unpaired) electrons. The minimum absolute atomic E-state index is 0.142. The van der Waals surface area contributed by atoms with E-state index in [1.165, 1.54) is 0 Å². The van der Waals surface area contributed by atoms with Gasteiger partial charge in [0.1, 0.15) is 12.1 Å². The number of rotatable bonds is 6. The number of nitrogens with zero attached hydrogens (tertiary/aromatic N) is 1. The number of anilines is 2. The summed E-state index contributed by atoms with van der Waals surface area (Å²) in [6.45, 7) is 6.35. The van der Waals surface area contributed by atoms with Crippen LogP contribution in [0.25, 0.3) is 0 Å². The molecule has 3 N–H and O–H groups in total. The fourth-order valence-corrected chi connectivity index (χ4v) is 3.16. The van der Waals surface area contributed by atoms with Crippen molar-refractivity contribution in [1.29, 1.82) is 0 Å². The van der Waals surface area contributed by atoms with Crippen molar-refractivity contribution in [2.45, 2.75) is 51.6 Å². The van der Waals surface area contributed by atoms with E-state index in [4.69, 9.17) is 15.6 Å². The molecule has 1 unspecified atom stereocenters. The van der Waals surface area contributed by atoms with Crippen molar-refractivity contribution in [3.8, 4) is 0 Å². The van der Waals surface area contributed by atoms with Crippen LogP contribution in [0.15, 0.2) is 18.2 Å². The van der Waals surface area contributed by atoms with Gasteiger partial charge in [-0.3, -0.25) is 9.59 Å². The van der Waals surface area contributed by atoms with Crippen molar-refractivity contribution in [2.75, 3.05) is 23.7 Å². The molecule has 132 valence electrons. The lowest BCUT2D eigenvalue weighted by atomic mass is 9.94. The quantitative estimate of drug-likeness (QED) is 0.614. The second-order valence-electron chi connectivity index (χ2n) is 7.23. The van der Waals surface area contributed by atoms with E-state index < -0.39 is 11.6 Å². The third kappa shape index (κ3) is 4.63. The fraction of sp³-hybridized carbons (Fsp3) is 0.556. The maximum absolute atomic E-state index is 12.1. The predicted octanol–water partition coefficient (Wildman–Crippen LogP) is 2.77. The van der Waals surface area contributed by atoms with E-state index in [2.05, 4.69) is 0 Å². The second kappa shape index (κ2) is 7.11. The first-order valence-corrected chi connectivity index (χ1v) is 8.24. The number of benzene rings is 1. The second-order valence-corrected chi connectivity index (χ2v) is 7.23. The molecular formula is C18H26N2O4. The highest BCUT2D eigenvalue weighted by atomic mass is 16.6. The average Bonchev–Trinajstić information content (AvgIpc) is 2.76. The van der Waals surface area contributed by atoms with Gasteiger partial charge in [0.15, 0.2) is 0 Å². The summed E-state index contributed by atoms with van der Waals surface area (Å²) < 4.78 is 5.40. The van der Waals surface area contributed by atoms with E-state index in [9.17, 15) is 9.59 Å². The lowest BCUT2D eigenvalue weighted by molar-refractivity contribution is -0.153. The van der Waals surface area contributed by atoms with Crippen LogP contribution in [-0.4, -0.2) is 35.7 Å². The molecule has 0 spiro atoms. The van der Waals surface area contributed by atoms with Crippen LogP contribution in [0.1, 0.15) is 51.5 Å². The number of nitrogen functional groups attached to an aromatic ring is 1. The third-order valence-corrected chi connectivity index (χ3v) is 3.99. The van der Waals surface area contributed by atoms with Crippen LogP contribution in [0.5, 0.6) is 0 Å². The van der Waals surface area contributed by atoms with Crippen molar-refractivity contribution in [3.63, 3.8) is 0 Å². The molecule has 6 heteroatoms. The number of carboxylic acids is 1. The first-order chi connectivity index (χ1) is 11.2. The molecular weight excluding hydrogens is 308 g/mol. The highest BCUT2D eigenvalue weighted by Gasteiger charge is 2.32. The van der Waals surface area contributed by atoms with Crippen LogP contribution in [0, 0.1) is 0 Å². The molecule has 0 amide bonds. The Kier molecular flexibility index (Phi) is 5.36. The Morgan fingerprint density at radius 3 is 2.71 bits per heavy atom. The lowest BCUT2D eigenvalue weighted by Crippen LogP contribution is -2.34.